The van der Waals surface area contributed by atoms with Gasteiger partial charge in [0.05, 0.1) is 25.3 Å². The maximum Gasteiger partial charge on any atom is 0.411 e. The minimum atomic E-state index is -1.37. The Kier molecular flexibility index (Phi) is 14.3. The first-order valence-electron chi connectivity index (χ1n) is 16.7. The molecule has 2 amide bonds. The van der Waals surface area contributed by atoms with Crippen LogP contribution in [0.15, 0.2) is 65.3 Å². The molecule has 16 heteroatoms. The van der Waals surface area contributed by atoms with Crippen molar-refractivity contribution >= 4 is 53.7 Å². The van der Waals surface area contributed by atoms with Crippen LogP contribution in [0.5, 0.6) is 0 Å². The van der Waals surface area contributed by atoms with Gasteiger partial charge in [-0.1, -0.05) is 65.9 Å². The third kappa shape index (κ3) is 12.5. The van der Waals surface area contributed by atoms with E-state index in [9.17, 15) is 19.5 Å². The smallest absolute Gasteiger partial charge is 0.411 e. The minimum absolute atomic E-state index is 0.0649. The zero-order chi connectivity index (χ0) is 37.8. The van der Waals surface area contributed by atoms with Crippen LogP contribution in [0.25, 0.3) is 11.3 Å². The molecule has 4 aromatic rings. The molecule has 0 bridgehead atoms. The number of methoxy groups -OCH3 is 1. The summed E-state index contributed by atoms with van der Waals surface area (Å²) in [5.41, 5.74) is 3.25. The monoisotopic (exact) mass is 795 g/mol. The number of rotatable bonds is 17. The molecule has 0 aliphatic carbocycles. The molecule has 0 aliphatic heterocycles. The summed E-state index contributed by atoms with van der Waals surface area (Å²) >= 11 is 3.62. The second-order valence-corrected chi connectivity index (χ2v) is 20.0. The van der Waals surface area contributed by atoms with Crippen LogP contribution in [0.4, 0.5) is 21.1 Å². The van der Waals surface area contributed by atoms with E-state index < -0.39 is 32.3 Å². The molecule has 3 N–H and O–H groups in total. The largest absolute Gasteiger partial charge is 0.481 e. The normalized spacial score (nSPS) is 11.8. The van der Waals surface area contributed by atoms with Gasteiger partial charge in [-0.05, 0) is 29.8 Å². The van der Waals surface area contributed by atoms with Crippen LogP contribution < -0.4 is 15.5 Å². The molecule has 1 atom stereocenters. The predicted octanol–water partition coefficient (Wildman–Crippen LogP) is 6.89. The second-order valence-electron chi connectivity index (χ2n) is 13.5. The van der Waals surface area contributed by atoms with Gasteiger partial charge in [-0.3, -0.25) is 10.1 Å². The van der Waals surface area contributed by atoms with Crippen LogP contribution in [0, 0.1) is 0 Å². The number of amides is 2. The Morgan fingerprint density at radius 1 is 1.02 bits per heavy atom. The van der Waals surface area contributed by atoms with Gasteiger partial charge < -0.3 is 34.1 Å². The summed E-state index contributed by atoms with van der Waals surface area (Å²) in [6, 6.07) is 16.7. The number of carboxylic acid groups (broad SMARTS) is 1. The van der Waals surface area contributed by atoms with Crippen molar-refractivity contribution < 1.29 is 33.7 Å². The number of anilines is 2. The third-order valence-electron chi connectivity index (χ3n) is 7.77. The maximum atomic E-state index is 13.4. The summed E-state index contributed by atoms with van der Waals surface area (Å²) in [4.78, 5) is 52.7. The number of aromatic nitrogens is 4. The molecule has 52 heavy (non-hydrogen) atoms. The maximum absolute atomic E-state index is 13.4. The standard InChI is InChI=1S/C36H46BrN7O7Si/c1-43(2)32-20-26(38-31(42-32)14-15-33(45)46)19-29(41-36(48)51-22-24-10-8-7-9-11-24)34-40-30(21-44(34)23-50-16-17-52(4,5)6)27-13-12-25(18-28(27)37)39-35(47)49-3/h7-13,18,20-21,29H,14-17,19,22-23H2,1-6H3,(H,39,47)(H,41,48)(H,45,46). The number of nitrogens with zero attached hydrogens (tertiary/aromatic N) is 5. The lowest BCUT2D eigenvalue weighted by Gasteiger charge is -2.21. The molecule has 0 spiro atoms. The van der Waals surface area contributed by atoms with Gasteiger partial charge in [0.2, 0.25) is 0 Å². The molecule has 2 heterocycles. The number of ether oxygens (including phenoxy) is 3. The second kappa shape index (κ2) is 18.6. The number of hydrogen-bond acceptors (Lipinski definition) is 10. The molecule has 0 fully saturated rings. The Morgan fingerprint density at radius 3 is 2.42 bits per heavy atom. The van der Waals surface area contributed by atoms with E-state index in [0.29, 0.717) is 45.6 Å². The number of aliphatic carboxylic acids is 1. The molecule has 14 nitrogen and oxygen atoms in total. The topological polar surface area (TPSA) is 170 Å². The van der Waals surface area contributed by atoms with Crippen molar-refractivity contribution in [2.24, 2.45) is 0 Å². The fourth-order valence-corrected chi connectivity index (χ4v) is 6.31. The average Bonchev–Trinajstić information content (AvgIpc) is 3.51. The highest BCUT2D eigenvalue weighted by molar-refractivity contribution is 9.10. The summed E-state index contributed by atoms with van der Waals surface area (Å²) in [5.74, 6) is 0.502. The fraction of sp³-hybridized carbons (Fsp3) is 0.389. The quantitative estimate of drug-likeness (QED) is 0.0752. The van der Waals surface area contributed by atoms with Gasteiger partial charge in [0.1, 0.15) is 30.8 Å². The highest BCUT2D eigenvalue weighted by Crippen LogP contribution is 2.32. The molecule has 0 saturated carbocycles. The average molecular weight is 797 g/mol. The number of benzene rings is 2. The van der Waals surface area contributed by atoms with Crippen molar-refractivity contribution in [3.8, 4) is 11.3 Å². The van der Waals surface area contributed by atoms with Crippen LogP contribution in [-0.4, -0.2) is 78.7 Å². The number of alkyl carbamates (subject to hydrolysis) is 1. The van der Waals surface area contributed by atoms with Crippen LogP contribution >= 0.6 is 15.9 Å². The number of aryl methyl sites for hydroxylation is 1. The lowest BCUT2D eigenvalue weighted by atomic mass is 10.1. The lowest BCUT2D eigenvalue weighted by molar-refractivity contribution is -0.137. The van der Waals surface area contributed by atoms with Gasteiger partial charge in [-0.25, -0.2) is 24.5 Å². The Balaban J connectivity index is 1.75. The van der Waals surface area contributed by atoms with Gasteiger partial charge in [0, 0.05) is 75.3 Å². The number of halogens is 1. The van der Waals surface area contributed by atoms with Crippen molar-refractivity contribution in [1.82, 2.24) is 24.8 Å². The van der Waals surface area contributed by atoms with Crippen LogP contribution in [0.2, 0.25) is 25.7 Å². The van der Waals surface area contributed by atoms with E-state index in [4.69, 9.17) is 24.2 Å². The number of imidazole rings is 1. The lowest BCUT2D eigenvalue weighted by Crippen LogP contribution is -2.33. The molecule has 2 aromatic carbocycles. The Bertz CT molecular complexity index is 1830. The first-order chi connectivity index (χ1) is 24.7. The summed E-state index contributed by atoms with van der Waals surface area (Å²) in [7, 11) is 3.59. The predicted molar refractivity (Wildman–Crippen MR) is 204 cm³/mol. The Hall–Kier alpha value is -4.80. The van der Waals surface area contributed by atoms with Gasteiger partial charge in [-0.15, -0.1) is 0 Å². The third-order valence-corrected chi connectivity index (χ3v) is 10.1. The first-order valence-corrected chi connectivity index (χ1v) is 21.2. The van der Waals surface area contributed by atoms with Gasteiger partial charge >= 0.3 is 18.2 Å². The number of carbonyl (C=O) groups is 3. The zero-order valence-electron chi connectivity index (χ0n) is 30.3. The molecular weight excluding hydrogens is 750 g/mol. The number of nitrogens with one attached hydrogen (secondary N) is 2. The molecule has 0 aliphatic rings. The minimum Gasteiger partial charge on any atom is -0.481 e. The number of hydrogen-bond donors (Lipinski definition) is 3. The molecular formula is C36H46BrN7O7Si. The number of carbonyl (C=O) groups excluding carboxylic acids is 2. The van der Waals surface area contributed by atoms with E-state index in [-0.39, 0.29) is 32.6 Å². The number of carboxylic acids is 1. The summed E-state index contributed by atoms with van der Waals surface area (Å²) < 4.78 is 19.1. The summed E-state index contributed by atoms with van der Waals surface area (Å²) in [6.07, 6.45) is 0.790. The Morgan fingerprint density at radius 2 is 1.77 bits per heavy atom. The van der Waals surface area contributed by atoms with Gasteiger partial charge in [0.15, 0.2) is 0 Å². The van der Waals surface area contributed by atoms with E-state index in [0.717, 1.165) is 17.2 Å². The Labute approximate surface area is 313 Å². The van der Waals surface area contributed by atoms with Crippen molar-refractivity contribution in [3.05, 3.63) is 88.2 Å². The van der Waals surface area contributed by atoms with E-state index in [1.54, 1.807) is 18.2 Å². The SMILES string of the molecule is COC(=O)Nc1ccc(-c2cn(COCC[Si](C)(C)C)c(C(Cc3cc(N(C)C)nc(CCC(=O)O)n3)NC(=O)OCc3ccccc3)n2)c(Br)c1. The molecule has 1 unspecified atom stereocenters. The van der Waals surface area contributed by atoms with Crippen LogP contribution in [0.3, 0.4) is 0 Å². The molecule has 0 radical (unpaired) electrons. The zero-order valence-corrected chi connectivity index (χ0v) is 32.9. The van der Waals surface area contributed by atoms with Crippen LogP contribution in [-0.2, 0) is 45.2 Å². The van der Waals surface area contributed by atoms with Crippen molar-refractivity contribution in [2.45, 2.75) is 64.3 Å². The molecule has 0 saturated heterocycles. The van der Waals surface area contributed by atoms with Crippen molar-refractivity contribution in [3.63, 3.8) is 0 Å². The van der Waals surface area contributed by atoms with Crippen molar-refractivity contribution in [2.75, 3.05) is 38.0 Å². The highest BCUT2D eigenvalue weighted by atomic mass is 79.9. The van der Waals surface area contributed by atoms with Crippen LogP contribution in [0.1, 0.15) is 35.4 Å². The summed E-state index contributed by atoms with van der Waals surface area (Å²) in [6.45, 7) is 7.63. The first kappa shape index (κ1) is 40.0. The summed E-state index contributed by atoms with van der Waals surface area (Å²) in [5, 5.41) is 15.0. The highest BCUT2D eigenvalue weighted by Gasteiger charge is 2.26. The van der Waals surface area contributed by atoms with E-state index in [1.165, 1.54) is 7.11 Å². The van der Waals surface area contributed by atoms with E-state index in [1.807, 2.05) is 66.2 Å². The molecule has 278 valence electrons. The van der Waals surface area contributed by atoms with Gasteiger partial charge in [0.25, 0.3) is 0 Å². The van der Waals surface area contributed by atoms with Gasteiger partial charge in [-0.2, -0.15) is 0 Å². The van der Waals surface area contributed by atoms with E-state index >= 15 is 0 Å². The fourth-order valence-electron chi connectivity index (χ4n) is 4.98. The van der Waals surface area contributed by atoms with Crippen molar-refractivity contribution in [1.29, 1.82) is 0 Å². The molecule has 2 aromatic heterocycles. The molecule has 4 rings (SSSR count). The van der Waals surface area contributed by atoms with E-state index in [2.05, 4.69) is 51.2 Å².